The van der Waals surface area contributed by atoms with Gasteiger partial charge in [0.15, 0.2) is 5.17 Å². The fourth-order valence-electron chi connectivity index (χ4n) is 2.81. The lowest BCUT2D eigenvalue weighted by atomic mass is 9.82. The van der Waals surface area contributed by atoms with Crippen molar-refractivity contribution in [1.29, 1.82) is 0 Å². The maximum absolute atomic E-state index is 4.81. The van der Waals surface area contributed by atoms with Crippen LogP contribution in [-0.2, 0) is 0 Å². The molecule has 1 aliphatic heterocycles. The summed E-state index contributed by atoms with van der Waals surface area (Å²) in [6.45, 7) is 16.0. The van der Waals surface area contributed by atoms with Crippen LogP contribution in [0.1, 0.15) is 61.3 Å². The molecule has 3 heteroatoms. The lowest BCUT2D eigenvalue weighted by Gasteiger charge is -2.33. The Kier molecular flexibility index (Phi) is 5.16. The van der Waals surface area contributed by atoms with E-state index in [2.05, 4.69) is 53.8 Å². The van der Waals surface area contributed by atoms with Crippen molar-refractivity contribution in [2.75, 3.05) is 5.75 Å². The summed E-state index contributed by atoms with van der Waals surface area (Å²) in [5, 5.41) is 4.78. The van der Waals surface area contributed by atoms with Gasteiger partial charge < -0.3 is 5.32 Å². The number of nitrogens with zero attached hydrogens (tertiary/aromatic N) is 1. The van der Waals surface area contributed by atoms with Crippen molar-refractivity contribution in [3.05, 3.63) is 0 Å². The fraction of sp³-hybridized carbons (Fsp3) is 0.933. The molecule has 0 radical (unpaired) electrons. The fourth-order valence-corrected chi connectivity index (χ4v) is 3.94. The second-order valence-electron chi connectivity index (χ2n) is 7.77. The van der Waals surface area contributed by atoms with E-state index in [-0.39, 0.29) is 5.54 Å². The van der Waals surface area contributed by atoms with Crippen LogP contribution in [0.5, 0.6) is 0 Å². The van der Waals surface area contributed by atoms with Crippen LogP contribution in [0.15, 0.2) is 4.99 Å². The zero-order valence-corrected chi connectivity index (χ0v) is 13.9. The number of hydrogen-bond acceptors (Lipinski definition) is 3. The summed E-state index contributed by atoms with van der Waals surface area (Å²) in [4.78, 5) is 4.81. The molecule has 0 aromatic heterocycles. The van der Waals surface area contributed by atoms with E-state index in [1.165, 1.54) is 6.42 Å². The van der Waals surface area contributed by atoms with Gasteiger partial charge in [0, 0.05) is 11.3 Å². The van der Waals surface area contributed by atoms with Gasteiger partial charge >= 0.3 is 0 Å². The quantitative estimate of drug-likeness (QED) is 0.823. The molecule has 1 N–H and O–H groups in total. The Morgan fingerprint density at radius 1 is 1.28 bits per heavy atom. The van der Waals surface area contributed by atoms with Crippen molar-refractivity contribution < 1.29 is 0 Å². The molecule has 2 nitrogen and oxygen atoms in total. The van der Waals surface area contributed by atoms with E-state index in [9.17, 15) is 0 Å². The average molecular weight is 270 g/mol. The van der Waals surface area contributed by atoms with Crippen LogP contribution < -0.4 is 5.32 Å². The number of nitrogens with one attached hydrogen (secondary N) is 1. The molecule has 0 aromatic rings. The van der Waals surface area contributed by atoms with Crippen molar-refractivity contribution in [2.24, 2.45) is 16.3 Å². The highest BCUT2D eigenvalue weighted by atomic mass is 32.2. The Morgan fingerprint density at radius 2 is 1.89 bits per heavy atom. The van der Waals surface area contributed by atoms with E-state index < -0.39 is 0 Å². The predicted octanol–water partition coefficient (Wildman–Crippen LogP) is 4.31. The molecule has 0 fully saturated rings. The largest absolute Gasteiger partial charge is 0.360 e. The van der Waals surface area contributed by atoms with Crippen LogP contribution in [0.3, 0.4) is 0 Å². The van der Waals surface area contributed by atoms with Crippen LogP contribution in [0.25, 0.3) is 0 Å². The summed E-state index contributed by atoms with van der Waals surface area (Å²) in [5.74, 6) is 1.88. The number of aliphatic imine (C=N–C) groups is 1. The van der Waals surface area contributed by atoms with Gasteiger partial charge in [0.05, 0.1) is 6.04 Å². The zero-order chi connectivity index (χ0) is 14.0. The summed E-state index contributed by atoms with van der Waals surface area (Å²) in [5.41, 5.74) is 0.467. The third-order valence-corrected chi connectivity index (χ3v) is 3.91. The summed E-state index contributed by atoms with van der Waals surface area (Å²) in [6, 6.07) is 0.517. The Hall–Kier alpha value is -0.180. The Morgan fingerprint density at radius 3 is 2.39 bits per heavy atom. The maximum Gasteiger partial charge on any atom is 0.157 e. The van der Waals surface area contributed by atoms with E-state index in [1.54, 1.807) is 0 Å². The molecule has 1 heterocycles. The molecule has 0 amide bonds. The van der Waals surface area contributed by atoms with Gasteiger partial charge in [-0.25, -0.2) is 0 Å². The molecule has 0 bridgehead atoms. The van der Waals surface area contributed by atoms with Crippen molar-refractivity contribution in [1.82, 2.24) is 5.32 Å². The first kappa shape index (κ1) is 15.9. The zero-order valence-electron chi connectivity index (χ0n) is 13.1. The summed E-state index contributed by atoms with van der Waals surface area (Å²) in [6.07, 6.45) is 2.35. The molecule has 1 unspecified atom stereocenters. The van der Waals surface area contributed by atoms with E-state index >= 15 is 0 Å². The average Bonchev–Trinajstić information content (AvgIpc) is 2.44. The molecule has 0 saturated carbocycles. The van der Waals surface area contributed by atoms with Gasteiger partial charge in [-0.05, 0) is 38.0 Å². The van der Waals surface area contributed by atoms with Crippen molar-refractivity contribution in [2.45, 2.75) is 72.9 Å². The van der Waals surface area contributed by atoms with E-state index in [1.807, 2.05) is 11.8 Å². The number of hydrogen-bond donors (Lipinski definition) is 1. The molecule has 106 valence electrons. The highest BCUT2D eigenvalue weighted by molar-refractivity contribution is 8.14. The van der Waals surface area contributed by atoms with Crippen molar-refractivity contribution in [3.8, 4) is 0 Å². The minimum Gasteiger partial charge on any atom is -0.360 e. The SMILES string of the molecule is CC(C)CC1CSC(NC(C)(C)CC(C)(C)C)=N1. The summed E-state index contributed by atoms with van der Waals surface area (Å²) >= 11 is 1.88. The first-order valence-electron chi connectivity index (χ1n) is 7.06. The lowest BCUT2D eigenvalue weighted by molar-refractivity contribution is 0.268. The molecule has 1 aliphatic rings. The molecule has 18 heavy (non-hydrogen) atoms. The third-order valence-electron chi connectivity index (χ3n) is 2.87. The van der Waals surface area contributed by atoms with Crippen LogP contribution in [0.2, 0.25) is 0 Å². The monoisotopic (exact) mass is 270 g/mol. The minimum atomic E-state index is 0.122. The van der Waals surface area contributed by atoms with Gasteiger partial charge in [-0.3, -0.25) is 4.99 Å². The molecule has 1 rings (SSSR count). The van der Waals surface area contributed by atoms with Gasteiger partial charge in [0.2, 0.25) is 0 Å². The smallest absolute Gasteiger partial charge is 0.157 e. The number of rotatable bonds is 4. The second kappa shape index (κ2) is 5.85. The first-order valence-corrected chi connectivity index (χ1v) is 8.05. The molecule has 0 spiro atoms. The van der Waals surface area contributed by atoms with Gasteiger partial charge in [0.25, 0.3) is 0 Å². The van der Waals surface area contributed by atoms with E-state index in [0.717, 1.165) is 23.3 Å². The van der Waals surface area contributed by atoms with Crippen LogP contribution >= 0.6 is 11.8 Å². The van der Waals surface area contributed by atoms with E-state index in [4.69, 9.17) is 4.99 Å². The minimum absolute atomic E-state index is 0.122. The Bertz CT molecular complexity index is 300. The van der Waals surface area contributed by atoms with Gasteiger partial charge in [-0.2, -0.15) is 0 Å². The molecular weight excluding hydrogens is 240 g/mol. The first-order chi connectivity index (χ1) is 8.07. The highest BCUT2D eigenvalue weighted by Gasteiger charge is 2.28. The Balaban J connectivity index is 2.52. The third kappa shape index (κ3) is 6.12. The molecule has 0 aliphatic carbocycles. The van der Waals surface area contributed by atoms with E-state index in [0.29, 0.717) is 11.5 Å². The maximum atomic E-state index is 4.81. The molecule has 1 atom stereocenters. The van der Waals surface area contributed by atoms with Crippen LogP contribution in [-0.4, -0.2) is 22.5 Å². The molecule has 0 saturated heterocycles. The number of thioether (sulfide) groups is 1. The standard InChI is InChI=1S/C15H30N2S/c1-11(2)8-12-9-18-13(16-12)17-15(6,7)10-14(3,4)5/h11-12H,8-10H2,1-7H3,(H,16,17). The Labute approximate surface area is 117 Å². The van der Waals surface area contributed by atoms with Crippen molar-refractivity contribution in [3.63, 3.8) is 0 Å². The normalized spacial score (nSPS) is 21.3. The van der Waals surface area contributed by atoms with Gasteiger partial charge in [-0.15, -0.1) is 0 Å². The second-order valence-corrected chi connectivity index (χ2v) is 8.78. The predicted molar refractivity (Wildman–Crippen MR) is 84.4 cm³/mol. The summed E-state index contributed by atoms with van der Waals surface area (Å²) < 4.78 is 0. The van der Waals surface area contributed by atoms with Gasteiger partial charge in [0.1, 0.15) is 0 Å². The van der Waals surface area contributed by atoms with Crippen molar-refractivity contribution >= 4 is 16.9 Å². The molecule has 0 aromatic carbocycles. The number of amidine groups is 1. The lowest BCUT2D eigenvalue weighted by Crippen LogP contribution is -2.44. The summed E-state index contributed by atoms with van der Waals surface area (Å²) in [7, 11) is 0. The van der Waals surface area contributed by atoms with Crippen LogP contribution in [0.4, 0.5) is 0 Å². The highest BCUT2D eigenvalue weighted by Crippen LogP contribution is 2.29. The van der Waals surface area contributed by atoms with Gasteiger partial charge in [-0.1, -0.05) is 46.4 Å². The van der Waals surface area contributed by atoms with Crippen LogP contribution in [0, 0.1) is 11.3 Å². The topological polar surface area (TPSA) is 24.4 Å². The molecular formula is C15H30N2S.